The van der Waals surface area contributed by atoms with Crippen molar-refractivity contribution in [2.24, 2.45) is 5.10 Å². The Kier molecular flexibility index (Phi) is 6.42. The quantitative estimate of drug-likeness (QED) is 0.165. The van der Waals surface area contributed by atoms with Crippen molar-refractivity contribution in [2.45, 2.75) is 6.92 Å². The van der Waals surface area contributed by atoms with E-state index < -0.39 is 5.97 Å². The molecule has 1 amide bonds. The molecule has 0 saturated carbocycles. The number of esters is 1. The minimum absolute atomic E-state index is 0.327. The molecule has 0 fully saturated rings. The lowest BCUT2D eigenvalue weighted by atomic mass is 10.0. The third-order valence-electron chi connectivity index (χ3n) is 4.83. The monoisotopic (exact) mass is 486 g/mol. The average molecular weight is 487 g/mol. The SMILES string of the molecule is Cc1cccc(C(=O)Oc2ccc(Br)cc2C=NNC(=O)c2cccc3ccccc23)c1. The fraction of sp³-hybridized carbons (Fsp3) is 0.0385. The van der Waals surface area contributed by atoms with Gasteiger partial charge >= 0.3 is 5.97 Å². The molecule has 0 aromatic heterocycles. The highest BCUT2D eigenvalue weighted by Gasteiger charge is 2.12. The summed E-state index contributed by atoms with van der Waals surface area (Å²) in [6.07, 6.45) is 1.45. The van der Waals surface area contributed by atoms with Gasteiger partial charge in [0.25, 0.3) is 5.91 Å². The molecular formula is C26H19BrN2O3. The van der Waals surface area contributed by atoms with Gasteiger partial charge < -0.3 is 4.74 Å². The number of rotatable bonds is 5. The fourth-order valence-electron chi connectivity index (χ4n) is 3.29. The number of hydrogen-bond donors (Lipinski definition) is 1. The van der Waals surface area contributed by atoms with E-state index in [4.69, 9.17) is 4.74 Å². The third-order valence-corrected chi connectivity index (χ3v) is 5.33. The van der Waals surface area contributed by atoms with E-state index in [1.165, 1.54) is 6.21 Å². The Morgan fingerprint density at radius 1 is 0.938 bits per heavy atom. The van der Waals surface area contributed by atoms with E-state index in [-0.39, 0.29) is 5.91 Å². The van der Waals surface area contributed by atoms with Crippen LogP contribution in [0.1, 0.15) is 31.8 Å². The number of nitrogens with one attached hydrogen (secondary N) is 1. The van der Waals surface area contributed by atoms with Gasteiger partial charge in [-0.3, -0.25) is 4.79 Å². The molecule has 6 heteroatoms. The first kappa shape index (κ1) is 21.5. The van der Waals surface area contributed by atoms with Crippen LogP contribution in [0.4, 0.5) is 0 Å². The smallest absolute Gasteiger partial charge is 0.343 e. The van der Waals surface area contributed by atoms with Crippen molar-refractivity contribution in [3.63, 3.8) is 0 Å². The van der Waals surface area contributed by atoms with E-state index >= 15 is 0 Å². The molecule has 0 spiro atoms. The van der Waals surface area contributed by atoms with Crippen molar-refractivity contribution in [2.75, 3.05) is 0 Å². The van der Waals surface area contributed by atoms with Gasteiger partial charge in [0.1, 0.15) is 5.75 Å². The largest absolute Gasteiger partial charge is 0.422 e. The third kappa shape index (κ3) is 4.92. The van der Waals surface area contributed by atoms with Crippen molar-refractivity contribution in [3.05, 3.63) is 112 Å². The summed E-state index contributed by atoms with van der Waals surface area (Å²) in [5.74, 6) is -0.459. The summed E-state index contributed by atoms with van der Waals surface area (Å²) in [6.45, 7) is 1.91. The van der Waals surface area contributed by atoms with Crippen LogP contribution in [0, 0.1) is 6.92 Å². The number of halogens is 1. The van der Waals surface area contributed by atoms with Gasteiger partial charge in [0, 0.05) is 15.6 Å². The molecule has 5 nitrogen and oxygen atoms in total. The number of nitrogens with zero attached hydrogens (tertiary/aromatic N) is 1. The van der Waals surface area contributed by atoms with Crippen LogP contribution in [0.2, 0.25) is 0 Å². The molecule has 158 valence electrons. The number of amides is 1. The zero-order chi connectivity index (χ0) is 22.5. The molecule has 0 saturated heterocycles. The topological polar surface area (TPSA) is 67.8 Å². The van der Waals surface area contributed by atoms with Crippen molar-refractivity contribution in [1.82, 2.24) is 5.43 Å². The van der Waals surface area contributed by atoms with Gasteiger partial charge in [-0.25, -0.2) is 10.2 Å². The van der Waals surface area contributed by atoms with Crippen LogP contribution in [-0.4, -0.2) is 18.1 Å². The number of benzene rings is 4. The van der Waals surface area contributed by atoms with Gasteiger partial charge in [-0.05, 0) is 54.1 Å². The summed E-state index contributed by atoms with van der Waals surface area (Å²) in [5, 5.41) is 5.90. The summed E-state index contributed by atoms with van der Waals surface area (Å²) >= 11 is 3.41. The van der Waals surface area contributed by atoms with E-state index in [1.807, 2.05) is 49.4 Å². The fourth-order valence-corrected chi connectivity index (χ4v) is 3.67. The van der Waals surface area contributed by atoms with Gasteiger partial charge in [-0.15, -0.1) is 0 Å². The van der Waals surface area contributed by atoms with Gasteiger partial charge in [-0.1, -0.05) is 70.0 Å². The molecule has 1 N–H and O–H groups in total. The highest BCUT2D eigenvalue weighted by molar-refractivity contribution is 9.10. The molecule has 4 aromatic carbocycles. The van der Waals surface area contributed by atoms with Crippen LogP contribution in [-0.2, 0) is 0 Å². The molecule has 0 bridgehead atoms. The van der Waals surface area contributed by atoms with Crippen molar-refractivity contribution >= 4 is 44.8 Å². The number of carbonyl (C=O) groups is 2. The number of carbonyl (C=O) groups excluding carboxylic acids is 2. The number of aryl methyl sites for hydroxylation is 1. The van der Waals surface area contributed by atoms with E-state index in [9.17, 15) is 9.59 Å². The second-order valence-electron chi connectivity index (χ2n) is 7.17. The van der Waals surface area contributed by atoms with Gasteiger partial charge in [-0.2, -0.15) is 5.10 Å². The summed E-state index contributed by atoms with van der Waals surface area (Å²) in [5.41, 5.74) is 5.05. The Bertz CT molecular complexity index is 1340. The first-order valence-electron chi connectivity index (χ1n) is 9.91. The van der Waals surface area contributed by atoms with E-state index in [0.717, 1.165) is 20.8 Å². The molecule has 0 aliphatic rings. The Morgan fingerprint density at radius 3 is 2.56 bits per heavy atom. The number of hydrazone groups is 1. The average Bonchev–Trinajstić information content (AvgIpc) is 2.80. The second-order valence-corrected chi connectivity index (χ2v) is 8.08. The minimum atomic E-state index is -0.467. The molecule has 0 heterocycles. The summed E-state index contributed by atoms with van der Waals surface area (Å²) in [7, 11) is 0. The maximum absolute atomic E-state index is 12.7. The standard InChI is InChI=1S/C26H19BrN2O3/c1-17-6-4-9-19(14-17)26(31)32-24-13-12-21(27)15-20(24)16-28-29-25(30)23-11-5-8-18-7-2-3-10-22(18)23/h2-16H,1H3,(H,29,30). The van der Waals surface area contributed by atoms with Crippen molar-refractivity contribution in [3.8, 4) is 5.75 Å². The number of ether oxygens (including phenoxy) is 1. The summed E-state index contributed by atoms with van der Waals surface area (Å²) in [6, 6.07) is 25.6. The Morgan fingerprint density at radius 2 is 1.72 bits per heavy atom. The Balaban J connectivity index is 1.53. The number of fused-ring (bicyclic) bond motifs is 1. The van der Waals surface area contributed by atoms with Crippen molar-refractivity contribution < 1.29 is 14.3 Å². The van der Waals surface area contributed by atoms with Crippen LogP contribution in [0.5, 0.6) is 5.75 Å². The predicted octanol–water partition coefficient (Wildman–Crippen LogP) is 5.89. The normalized spacial score (nSPS) is 10.9. The highest BCUT2D eigenvalue weighted by atomic mass is 79.9. The first-order valence-corrected chi connectivity index (χ1v) is 10.7. The van der Waals surface area contributed by atoms with Crippen LogP contribution >= 0.6 is 15.9 Å². The zero-order valence-electron chi connectivity index (χ0n) is 17.2. The van der Waals surface area contributed by atoms with Gasteiger partial charge in [0.2, 0.25) is 0 Å². The maximum Gasteiger partial charge on any atom is 0.343 e. The first-order chi connectivity index (χ1) is 15.5. The highest BCUT2D eigenvalue weighted by Crippen LogP contribution is 2.23. The molecule has 0 aliphatic carbocycles. The predicted molar refractivity (Wildman–Crippen MR) is 129 cm³/mol. The lowest BCUT2D eigenvalue weighted by Crippen LogP contribution is -2.18. The van der Waals surface area contributed by atoms with E-state index in [2.05, 4.69) is 26.5 Å². The van der Waals surface area contributed by atoms with Crippen LogP contribution in [0.25, 0.3) is 10.8 Å². The lowest BCUT2D eigenvalue weighted by Gasteiger charge is -2.09. The molecule has 4 aromatic rings. The maximum atomic E-state index is 12.7. The number of hydrogen-bond acceptors (Lipinski definition) is 4. The van der Waals surface area contributed by atoms with Gasteiger partial charge in [0.15, 0.2) is 0 Å². The summed E-state index contributed by atoms with van der Waals surface area (Å²) < 4.78 is 6.36. The van der Waals surface area contributed by atoms with E-state index in [0.29, 0.717) is 22.4 Å². The van der Waals surface area contributed by atoms with Crippen LogP contribution in [0.3, 0.4) is 0 Å². The second kappa shape index (κ2) is 9.58. The Labute approximate surface area is 193 Å². The lowest BCUT2D eigenvalue weighted by molar-refractivity contribution is 0.0734. The van der Waals surface area contributed by atoms with E-state index in [1.54, 1.807) is 42.5 Å². The molecule has 32 heavy (non-hydrogen) atoms. The molecule has 0 unspecified atom stereocenters. The summed E-state index contributed by atoms with van der Waals surface area (Å²) in [4.78, 5) is 25.2. The molecule has 0 atom stereocenters. The molecular weight excluding hydrogens is 468 g/mol. The molecule has 0 aliphatic heterocycles. The molecule has 0 radical (unpaired) electrons. The van der Waals surface area contributed by atoms with Crippen molar-refractivity contribution in [1.29, 1.82) is 0 Å². The Hall–Kier alpha value is -3.77. The van der Waals surface area contributed by atoms with Gasteiger partial charge in [0.05, 0.1) is 11.8 Å². The molecule has 4 rings (SSSR count). The minimum Gasteiger partial charge on any atom is -0.422 e. The zero-order valence-corrected chi connectivity index (χ0v) is 18.8. The van der Waals surface area contributed by atoms with Crippen LogP contribution in [0.15, 0.2) is 94.5 Å². The van der Waals surface area contributed by atoms with Crippen LogP contribution < -0.4 is 10.2 Å².